The minimum absolute atomic E-state index is 0.178. The van der Waals surface area contributed by atoms with Crippen LogP contribution < -0.4 is 11.1 Å². The van der Waals surface area contributed by atoms with Gasteiger partial charge in [-0.15, -0.1) is 11.3 Å². The van der Waals surface area contributed by atoms with Crippen LogP contribution in [0.1, 0.15) is 21.9 Å². The molecule has 0 spiro atoms. The van der Waals surface area contributed by atoms with E-state index in [0.29, 0.717) is 15.9 Å². The number of benzene rings is 1. The SMILES string of the molecule is Nc1cccc(C(=O)Nc2ccc3nc(C(F)F)sc3c2)n1. The lowest BCUT2D eigenvalue weighted by Crippen LogP contribution is -2.14. The molecule has 0 atom stereocenters. The summed E-state index contributed by atoms with van der Waals surface area (Å²) in [5, 5.41) is 2.41. The molecule has 5 nitrogen and oxygen atoms in total. The summed E-state index contributed by atoms with van der Waals surface area (Å²) in [6, 6.07) is 9.51. The summed E-state index contributed by atoms with van der Waals surface area (Å²) in [4.78, 5) is 19.8. The number of nitrogens with one attached hydrogen (secondary N) is 1. The summed E-state index contributed by atoms with van der Waals surface area (Å²) in [5.41, 5.74) is 6.66. The molecule has 22 heavy (non-hydrogen) atoms. The molecular formula is C14H10F2N4OS. The van der Waals surface area contributed by atoms with Crippen molar-refractivity contribution in [1.82, 2.24) is 9.97 Å². The number of pyridine rings is 1. The third-order valence-electron chi connectivity index (χ3n) is 2.85. The van der Waals surface area contributed by atoms with Crippen LogP contribution in [0.25, 0.3) is 10.2 Å². The number of alkyl halides is 2. The summed E-state index contributed by atoms with van der Waals surface area (Å²) in [7, 11) is 0. The fourth-order valence-electron chi connectivity index (χ4n) is 1.89. The van der Waals surface area contributed by atoms with Crippen LogP contribution in [-0.4, -0.2) is 15.9 Å². The Morgan fingerprint density at radius 2 is 2.05 bits per heavy atom. The van der Waals surface area contributed by atoms with E-state index in [9.17, 15) is 13.6 Å². The first-order valence-corrected chi connectivity index (χ1v) is 7.07. The molecule has 0 aliphatic heterocycles. The second-order valence-electron chi connectivity index (χ2n) is 4.44. The Morgan fingerprint density at radius 3 is 2.77 bits per heavy atom. The van der Waals surface area contributed by atoms with Gasteiger partial charge in [0.1, 0.15) is 11.5 Å². The van der Waals surface area contributed by atoms with Crippen LogP contribution in [0.3, 0.4) is 0 Å². The second-order valence-corrected chi connectivity index (χ2v) is 5.50. The number of nitrogen functional groups attached to an aromatic ring is 1. The van der Waals surface area contributed by atoms with E-state index in [-0.39, 0.29) is 16.5 Å². The molecule has 3 rings (SSSR count). The maximum absolute atomic E-state index is 12.6. The number of carbonyl (C=O) groups excluding carboxylic acids is 1. The summed E-state index contributed by atoms with van der Waals surface area (Å²) in [6.07, 6.45) is -2.60. The number of nitrogens with zero attached hydrogens (tertiary/aromatic N) is 2. The molecule has 0 saturated carbocycles. The molecule has 0 aliphatic carbocycles. The van der Waals surface area contributed by atoms with Crippen LogP contribution in [0.5, 0.6) is 0 Å². The maximum Gasteiger partial charge on any atom is 0.289 e. The summed E-state index contributed by atoms with van der Waals surface area (Å²) in [6.45, 7) is 0. The van der Waals surface area contributed by atoms with Gasteiger partial charge in [0.15, 0.2) is 5.01 Å². The molecule has 0 unspecified atom stereocenters. The Kier molecular flexibility index (Phi) is 3.68. The van der Waals surface area contributed by atoms with E-state index in [1.807, 2.05) is 0 Å². The van der Waals surface area contributed by atoms with Crippen molar-refractivity contribution in [3.05, 3.63) is 47.1 Å². The number of fused-ring (bicyclic) bond motifs is 1. The molecule has 0 fully saturated rings. The van der Waals surface area contributed by atoms with E-state index in [1.165, 1.54) is 6.07 Å². The fraction of sp³-hybridized carbons (Fsp3) is 0.0714. The first-order valence-electron chi connectivity index (χ1n) is 6.25. The van der Waals surface area contributed by atoms with E-state index in [2.05, 4.69) is 15.3 Å². The van der Waals surface area contributed by atoms with Gasteiger partial charge in [-0.1, -0.05) is 6.07 Å². The lowest BCUT2D eigenvalue weighted by molar-refractivity contribution is 0.102. The highest BCUT2D eigenvalue weighted by atomic mass is 32.1. The van der Waals surface area contributed by atoms with Gasteiger partial charge in [-0.3, -0.25) is 4.79 Å². The Bertz CT molecular complexity index is 850. The molecule has 0 aliphatic rings. The highest BCUT2D eigenvalue weighted by Crippen LogP contribution is 2.30. The predicted octanol–water partition coefficient (Wildman–Crippen LogP) is 3.46. The molecule has 0 radical (unpaired) electrons. The molecule has 3 aromatic rings. The van der Waals surface area contributed by atoms with Crippen molar-refractivity contribution >= 4 is 39.0 Å². The molecule has 1 aromatic carbocycles. The van der Waals surface area contributed by atoms with Crippen LogP contribution >= 0.6 is 11.3 Å². The zero-order valence-electron chi connectivity index (χ0n) is 11.1. The number of halogens is 2. The minimum atomic E-state index is -2.60. The van der Waals surface area contributed by atoms with Crippen molar-refractivity contribution in [1.29, 1.82) is 0 Å². The van der Waals surface area contributed by atoms with Crippen molar-refractivity contribution in [2.75, 3.05) is 11.1 Å². The molecule has 2 heterocycles. The predicted molar refractivity (Wildman–Crippen MR) is 81.2 cm³/mol. The Hall–Kier alpha value is -2.61. The van der Waals surface area contributed by atoms with E-state index in [1.54, 1.807) is 30.3 Å². The van der Waals surface area contributed by atoms with Crippen molar-refractivity contribution in [2.45, 2.75) is 6.43 Å². The number of anilines is 2. The molecule has 0 saturated heterocycles. The average molecular weight is 320 g/mol. The van der Waals surface area contributed by atoms with Crippen molar-refractivity contribution in [2.24, 2.45) is 0 Å². The van der Waals surface area contributed by atoms with E-state index >= 15 is 0 Å². The van der Waals surface area contributed by atoms with Gasteiger partial charge in [-0.05, 0) is 30.3 Å². The smallest absolute Gasteiger partial charge is 0.289 e. The Balaban J connectivity index is 1.86. The van der Waals surface area contributed by atoms with Gasteiger partial charge >= 0.3 is 0 Å². The molecule has 8 heteroatoms. The average Bonchev–Trinajstić information content (AvgIpc) is 2.90. The van der Waals surface area contributed by atoms with Gasteiger partial charge in [0, 0.05) is 5.69 Å². The number of hydrogen-bond donors (Lipinski definition) is 2. The maximum atomic E-state index is 12.6. The molecule has 2 aromatic heterocycles. The second kappa shape index (κ2) is 5.64. The number of amides is 1. The van der Waals surface area contributed by atoms with Crippen molar-refractivity contribution in [3.8, 4) is 0 Å². The first kappa shape index (κ1) is 14.3. The topological polar surface area (TPSA) is 80.9 Å². The summed E-state index contributed by atoms with van der Waals surface area (Å²) >= 11 is 0.897. The zero-order chi connectivity index (χ0) is 15.7. The number of aromatic nitrogens is 2. The molecule has 112 valence electrons. The lowest BCUT2D eigenvalue weighted by atomic mass is 10.2. The number of rotatable bonds is 3. The van der Waals surface area contributed by atoms with Gasteiger partial charge in [0.25, 0.3) is 12.3 Å². The number of thiazole rings is 1. The first-order chi connectivity index (χ1) is 10.5. The standard InChI is InChI=1S/C14H10F2N4OS/c15-12(16)14-20-8-5-4-7(6-10(8)22-14)18-13(21)9-2-1-3-11(17)19-9/h1-6,12H,(H2,17,19)(H,18,21). The largest absolute Gasteiger partial charge is 0.384 e. The number of carbonyl (C=O) groups is 1. The summed E-state index contributed by atoms with van der Waals surface area (Å²) < 4.78 is 25.8. The lowest BCUT2D eigenvalue weighted by Gasteiger charge is -2.05. The third kappa shape index (κ3) is 2.86. The summed E-state index contributed by atoms with van der Waals surface area (Å²) in [5.74, 6) is -0.183. The van der Waals surface area contributed by atoms with E-state index in [0.717, 1.165) is 11.3 Å². The molecular weight excluding hydrogens is 310 g/mol. The fourth-order valence-corrected chi connectivity index (χ4v) is 2.75. The van der Waals surface area contributed by atoms with Crippen molar-refractivity contribution < 1.29 is 13.6 Å². The quantitative estimate of drug-likeness (QED) is 0.774. The number of hydrogen-bond acceptors (Lipinski definition) is 5. The molecule has 0 bridgehead atoms. The van der Waals surface area contributed by atoms with Crippen LogP contribution in [0.15, 0.2) is 36.4 Å². The van der Waals surface area contributed by atoms with E-state index < -0.39 is 12.3 Å². The van der Waals surface area contributed by atoms with E-state index in [4.69, 9.17) is 5.73 Å². The Morgan fingerprint density at radius 1 is 1.23 bits per heavy atom. The normalized spacial score (nSPS) is 11.0. The van der Waals surface area contributed by atoms with Gasteiger partial charge in [-0.2, -0.15) is 0 Å². The van der Waals surface area contributed by atoms with Gasteiger partial charge in [-0.25, -0.2) is 18.7 Å². The van der Waals surface area contributed by atoms with Gasteiger partial charge < -0.3 is 11.1 Å². The van der Waals surface area contributed by atoms with Crippen LogP contribution in [0, 0.1) is 0 Å². The van der Waals surface area contributed by atoms with Crippen LogP contribution in [0.2, 0.25) is 0 Å². The van der Waals surface area contributed by atoms with Crippen molar-refractivity contribution in [3.63, 3.8) is 0 Å². The molecule has 3 N–H and O–H groups in total. The number of nitrogens with two attached hydrogens (primary N) is 1. The Labute approximate surface area is 127 Å². The molecule has 1 amide bonds. The highest BCUT2D eigenvalue weighted by molar-refractivity contribution is 7.18. The zero-order valence-corrected chi connectivity index (χ0v) is 11.9. The third-order valence-corrected chi connectivity index (χ3v) is 3.88. The van der Waals surface area contributed by atoms with Crippen LogP contribution in [0.4, 0.5) is 20.3 Å². The van der Waals surface area contributed by atoms with Gasteiger partial charge in [0.2, 0.25) is 0 Å². The van der Waals surface area contributed by atoms with Crippen LogP contribution in [-0.2, 0) is 0 Å². The highest BCUT2D eigenvalue weighted by Gasteiger charge is 2.14. The minimum Gasteiger partial charge on any atom is -0.384 e. The monoisotopic (exact) mass is 320 g/mol. The van der Waals surface area contributed by atoms with Gasteiger partial charge in [0.05, 0.1) is 10.2 Å².